The molecule has 18 heavy (non-hydrogen) atoms. The first-order valence-electron chi connectivity index (χ1n) is 6.29. The van der Waals surface area contributed by atoms with Gasteiger partial charge >= 0.3 is 0 Å². The van der Waals surface area contributed by atoms with Gasteiger partial charge in [0.25, 0.3) is 0 Å². The maximum Gasteiger partial charge on any atom is 0.216 e. The molecular weight excluding hydrogens is 292 g/mol. The fourth-order valence-corrected chi connectivity index (χ4v) is 4.72. The minimum atomic E-state index is 0.387. The van der Waals surface area contributed by atoms with E-state index in [9.17, 15) is 0 Å². The second-order valence-corrected chi connectivity index (χ2v) is 7.37. The Hall–Kier alpha value is -0.640. The molecule has 0 aromatic carbocycles. The number of nitrogens with zero attached hydrogens (tertiary/aromatic N) is 2. The van der Waals surface area contributed by atoms with Crippen molar-refractivity contribution in [3.63, 3.8) is 0 Å². The number of rotatable bonds is 4. The molecule has 2 rings (SSSR count). The monoisotopic (exact) mass is 312 g/mol. The lowest BCUT2D eigenvalue weighted by atomic mass is 10.0. The van der Waals surface area contributed by atoms with Gasteiger partial charge in [-0.1, -0.05) is 43.6 Å². The third-order valence-corrected chi connectivity index (χ3v) is 5.66. The average Bonchev–Trinajstić information content (AvgIpc) is 2.69. The van der Waals surface area contributed by atoms with Gasteiger partial charge in [-0.05, 0) is 16.7 Å². The summed E-state index contributed by atoms with van der Waals surface area (Å²) in [6, 6.07) is 1.91. The third kappa shape index (κ3) is 2.15. The molecule has 1 unspecified atom stereocenters. The molecule has 0 spiro atoms. The van der Waals surface area contributed by atoms with E-state index in [1.54, 1.807) is 13.4 Å². The van der Waals surface area contributed by atoms with Crippen LogP contribution in [-0.4, -0.2) is 21.9 Å². The van der Waals surface area contributed by atoms with Gasteiger partial charge in [0.05, 0.1) is 7.11 Å². The number of ether oxygens (including phenoxy) is 1. The fourth-order valence-electron chi connectivity index (χ4n) is 3.07. The molecule has 1 aromatic heterocycles. The highest BCUT2D eigenvalue weighted by atomic mass is 79.9. The van der Waals surface area contributed by atoms with Gasteiger partial charge in [0, 0.05) is 23.0 Å². The first kappa shape index (κ1) is 13.8. The quantitative estimate of drug-likeness (QED) is 0.798. The molecule has 4 heteroatoms. The summed E-state index contributed by atoms with van der Waals surface area (Å²) < 4.78 is 5.13. The molecule has 1 aliphatic rings. The van der Waals surface area contributed by atoms with E-state index in [-0.39, 0.29) is 0 Å². The molecule has 1 heterocycles. The smallest absolute Gasteiger partial charge is 0.216 e. The standard InChI is InChI=1S/C14H21BrN2O/c1-13(2)12(14(13,3)4)10(15)6-9-7-11(18-5)17-8-16-9/h7-8,10,12H,6H2,1-5H3. The van der Waals surface area contributed by atoms with Crippen LogP contribution in [0.15, 0.2) is 12.4 Å². The minimum Gasteiger partial charge on any atom is -0.481 e. The number of hydrogen-bond acceptors (Lipinski definition) is 3. The summed E-state index contributed by atoms with van der Waals surface area (Å²) >= 11 is 3.84. The van der Waals surface area contributed by atoms with Crippen LogP contribution in [0.5, 0.6) is 5.88 Å². The lowest BCUT2D eigenvalue weighted by molar-refractivity contribution is 0.395. The summed E-state index contributed by atoms with van der Waals surface area (Å²) in [5.41, 5.74) is 1.80. The van der Waals surface area contributed by atoms with Crippen LogP contribution in [0.2, 0.25) is 0 Å². The molecule has 0 aliphatic heterocycles. The van der Waals surface area contributed by atoms with E-state index in [0.29, 0.717) is 27.5 Å². The highest BCUT2D eigenvalue weighted by Gasteiger charge is 2.66. The summed E-state index contributed by atoms with van der Waals surface area (Å²) in [6.07, 6.45) is 2.48. The summed E-state index contributed by atoms with van der Waals surface area (Å²) in [4.78, 5) is 8.79. The maximum atomic E-state index is 5.13. The van der Waals surface area contributed by atoms with E-state index < -0.39 is 0 Å². The van der Waals surface area contributed by atoms with Crippen LogP contribution in [0.3, 0.4) is 0 Å². The van der Waals surface area contributed by atoms with E-state index in [4.69, 9.17) is 4.74 Å². The fraction of sp³-hybridized carbons (Fsp3) is 0.714. The van der Waals surface area contributed by atoms with Gasteiger partial charge in [0.15, 0.2) is 0 Å². The molecule has 1 saturated carbocycles. The largest absolute Gasteiger partial charge is 0.481 e. The molecule has 0 N–H and O–H groups in total. The van der Waals surface area contributed by atoms with Gasteiger partial charge in [0.1, 0.15) is 6.33 Å². The maximum absolute atomic E-state index is 5.13. The van der Waals surface area contributed by atoms with Crippen molar-refractivity contribution in [2.75, 3.05) is 7.11 Å². The lowest BCUT2D eigenvalue weighted by Crippen LogP contribution is -2.11. The van der Waals surface area contributed by atoms with Crippen molar-refractivity contribution in [2.45, 2.75) is 38.9 Å². The summed E-state index contributed by atoms with van der Waals surface area (Å²) in [6.45, 7) is 9.36. The Morgan fingerprint density at radius 3 is 2.39 bits per heavy atom. The van der Waals surface area contributed by atoms with E-state index in [0.717, 1.165) is 12.1 Å². The zero-order chi connectivity index (χ0) is 13.6. The van der Waals surface area contributed by atoms with Crippen molar-refractivity contribution in [2.24, 2.45) is 16.7 Å². The number of halogens is 1. The van der Waals surface area contributed by atoms with Gasteiger partial charge in [-0.25, -0.2) is 9.97 Å². The van der Waals surface area contributed by atoms with Crippen LogP contribution in [0, 0.1) is 16.7 Å². The molecule has 1 fully saturated rings. The molecule has 1 atom stereocenters. The predicted octanol–water partition coefficient (Wildman–Crippen LogP) is 3.47. The van der Waals surface area contributed by atoms with Gasteiger partial charge in [-0.15, -0.1) is 0 Å². The number of alkyl halides is 1. The van der Waals surface area contributed by atoms with Crippen LogP contribution < -0.4 is 4.74 Å². The van der Waals surface area contributed by atoms with Crippen molar-refractivity contribution < 1.29 is 4.74 Å². The van der Waals surface area contributed by atoms with Crippen LogP contribution in [0.4, 0.5) is 0 Å². The zero-order valence-corrected chi connectivity index (χ0v) is 13.3. The Labute approximate surface area is 117 Å². The third-order valence-electron chi connectivity index (χ3n) is 4.81. The highest BCUT2D eigenvalue weighted by Crippen LogP contribution is 2.70. The van der Waals surface area contributed by atoms with Crippen molar-refractivity contribution in [3.8, 4) is 5.88 Å². The lowest BCUT2D eigenvalue weighted by Gasteiger charge is -2.11. The Balaban J connectivity index is 2.06. The van der Waals surface area contributed by atoms with Crippen LogP contribution in [-0.2, 0) is 6.42 Å². The van der Waals surface area contributed by atoms with Crippen molar-refractivity contribution in [1.82, 2.24) is 9.97 Å². The van der Waals surface area contributed by atoms with E-state index in [1.807, 2.05) is 6.07 Å². The van der Waals surface area contributed by atoms with E-state index >= 15 is 0 Å². The molecule has 3 nitrogen and oxygen atoms in total. The molecule has 1 aromatic rings. The van der Waals surface area contributed by atoms with Gasteiger partial charge < -0.3 is 4.74 Å². The Morgan fingerprint density at radius 1 is 1.28 bits per heavy atom. The molecule has 0 radical (unpaired) electrons. The van der Waals surface area contributed by atoms with Gasteiger partial charge in [-0.3, -0.25) is 0 Å². The zero-order valence-electron chi connectivity index (χ0n) is 11.7. The minimum absolute atomic E-state index is 0.387. The number of methoxy groups -OCH3 is 1. The molecular formula is C14H21BrN2O. The molecule has 0 bridgehead atoms. The van der Waals surface area contributed by atoms with E-state index in [1.165, 1.54) is 0 Å². The summed E-state index contributed by atoms with van der Waals surface area (Å²) in [5, 5.41) is 0. The van der Waals surface area contributed by atoms with Gasteiger partial charge in [0.2, 0.25) is 5.88 Å². The molecule has 1 aliphatic carbocycles. The molecule has 100 valence electrons. The van der Waals surface area contributed by atoms with Gasteiger partial charge in [-0.2, -0.15) is 0 Å². The summed E-state index contributed by atoms with van der Waals surface area (Å²) in [5.74, 6) is 1.31. The Bertz CT molecular complexity index is 431. The van der Waals surface area contributed by atoms with Crippen molar-refractivity contribution in [1.29, 1.82) is 0 Å². The van der Waals surface area contributed by atoms with E-state index in [2.05, 4.69) is 53.6 Å². The SMILES string of the molecule is COc1cc(CC(Br)C2C(C)(C)C2(C)C)ncn1. The first-order chi connectivity index (χ1) is 8.30. The normalized spacial score (nSPS) is 22.6. The first-order valence-corrected chi connectivity index (χ1v) is 7.21. The molecule has 0 saturated heterocycles. The van der Waals surface area contributed by atoms with Crippen LogP contribution in [0.25, 0.3) is 0 Å². The number of hydrogen-bond donors (Lipinski definition) is 0. The molecule has 0 amide bonds. The second kappa shape index (κ2) is 4.48. The van der Waals surface area contributed by atoms with Crippen molar-refractivity contribution in [3.05, 3.63) is 18.1 Å². The number of aromatic nitrogens is 2. The van der Waals surface area contributed by atoms with Crippen molar-refractivity contribution >= 4 is 15.9 Å². The highest BCUT2D eigenvalue weighted by molar-refractivity contribution is 9.09. The average molecular weight is 313 g/mol. The summed E-state index contributed by atoms with van der Waals surface area (Å²) in [7, 11) is 1.63. The predicted molar refractivity (Wildman–Crippen MR) is 76.1 cm³/mol. The van der Waals surface area contributed by atoms with Crippen LogP contribution in [0.1, 0.15) is 33.4 Å². The Morgan fingerprint density at radius 2 is 1.89 bits per heavy atom. The second-order valence-electron chi connectivity index (χ2n) is 6.19. The topological polar surface area (TPSA) is 35.0 Å². The Kier molecular flexibility index (Phi) is 3.43. The van der Waals surface area contributed by atoms with Crippen LogP contribution >= 0.6 is 15.9 Å².